The number of nitrogens with one attached hydrogen (secondary N) is 2. The summed E-state index contributed by atoms with van der Waals surface area (Å²) in [6.07, 6.45) is 1.78. The maximum atomic E-state index is 3.81. The Bertz CT molecular complexity index is 172. The molecule has 0 aliphatic heterocycles. The molecule has 1 heterocycles. The lowest BCUT2D eigenvalue weighted by molar-refractivity contribution is 1.09. The minimum absolute atomic E-state index is 0.991. The van der Waals surface area contributed by atoms with E-state index in [0.29, 0.717) is 0 Å². The monoisotopic (exact) mass is 109 g/mol. The first-order valence-corrected chi connectivity index (χ1v) is 2.52. The highest BCUT2D eigenvalue weighted by atomic mass is 15.2. The summed E-state index contributed by atoms with van der Waals surface area (Å²) in [5.74, 6) is 0.991. The molecule has 0 saturated carbocycles. The summed E-state index contributed by atoms with van der Waals surface area (Å²) in [4.78, 5) is 0. The lowest BCUT2D eigenvalue weighted by Gasteiger charge is -1.92. The van der Waals surface area contributed by atoms with E-state index >= 15 is 0 Å². The average molecular weight is 109 g/mol. The molecule has 42 valence electrons. The van der Waals surface area contributed by atoms with Gasteiger partial charge in [0.25, 0.3) is 0 Å². The summed E-state index contributed by atoms with van der Waals surface area (Å²) < 4.78 is 0. The van der Waals surface area contributed by atoms with Gasteiger partial charge in [-0.1, -0.05) is 0 Å². The van der Waals surface area contributed by atoms with Crippen LogP contribution in [0.25, 0.3) is 0 Å². The standard InChI is InChI=1S/C4H8BN3/c1-6-4-3(5)2-7-8-4/h2H,5H2,1H3,(H2,6,7,8). The van der Waals surface area contributed by atoms with Gasteiger partial charge in [0.1, 0.15) is 13.7 Å². The molecule has 0 unspecified atom stereocenters. The van der Waals surface area contributed by atoms with Crippen LogP contribution in [0.3, 0.4) is 0 Å². The Morgan fingerprint density at radius 3 is 2.88 bits per heavy atom. The predicted molar refractivity (Wildman–Crippen MR) is 36.3 cm³/mol. The SMILES string of the molecule is Bc1cn[nH]c1NC. The molecule has 0 fully saturated rings. The Kier molecular flexibility index (Phi) is 1.24. The van der Waals surface area contributed by atoms with Crippen molar-refractivity contribution in [3.05, 3.63) is 6.20 Å². The number of aromatic amines is 1. The van der Waals surface area contributed by atoms with E-state index in [9.17, 15) is 0 Å². The second-order valence-corrected chi connectivity index (χ2v) is 1.68. The lowest BCUT2D eigenvalue weighted by Crippen LogP contribution is -2.05. The summed E-state index contributed by atoms with van der Waals surface area (Å²) in [7, 11) is 3.86. The van der Waals surface area contributed by atoms with Crippen LogP contribution in [0.2, 0.25) is 0 Å². The molecule has 0 spiro atoms. The third kappa shape index (κ3) is 0.687. The maximum absolute atomic E-state index is 3.81. The van der Waals surface area contributed by atoms with E-state index in [1.54, 1.807) is 6.20 Å². The molecule has 1 aromatic heterocycles. The number of rotatable bonds is 1. The summed E-state index contributed by atoms with van der Waals surface area (Å²) in [5.41, 5.74) is 1.15. The van der Waals surface area contributed by atoms with Gasteiger partial charge in [0.05, 0.1) is 0 Å². The number of hydrogen-bond acceptors (Lipinski definition) is 2. The van der Waals surface area contributed by atoms with Gasteiger partial charge in [0.15, 0.2) is 0 Å². The van der Waals surface area contributed by atoms with Crippen LogP contribution >= 0.6 is 0 Å². The van der Waals surface area contributed by atoms with Crippen molar-refractivity contribution in [1.29, 1.82) is 0 Å². The summed E-state index contributed by atoms with van der Waals surface area (Å²) in [6, 6.07) is 0. The van der Waals surface area contributed by atoms with Crippen LogP contribution in [0.5, 0.6) is 0 Å². The summed E-state index contributed by atoms with van der Waals surface area (Å²) >= 11 is 0. The molecular weight excluding hydrogens is 101 g/mol. The Labute approximate surface area is 48.9 Å². The first-order chi connectivity index (χ1) is 3.84. The normalized spacial score (nSPS) is 9.12. The van der Waals surface area contributed by atoms with Crippen molar-refractivity contribution in [2.45, 2.75) is 0 Å². The fourth-order valence-electron chi connectivity index (χ4n) is 0.599. The van der Waals surface area contributed by atoms with Crippen molar-refractivity contribution in [1.82, 2.24) is 10.2 Å². The Morgan fingerprint density at radius 1 is 1.88 bits per heavy atom. The van der Waals surface area contributed by atoms with Gasteiger partial charge in [0, 0.05) is 13.2 Å². The van der Waals surface area contributed by atoms with Crippen molar-refractivity contribution in [2.24, 2.45) is 0 Å². The molecule has 2 N–H and O–H groups in total. The van der Waals surface area contributed by atoms with Gasteiger partial charge in [-0.05, 0) is 5.46 Å². The van der Waals surface area contributed by atoms with Crippen molar-refractivity contribution < 1.29 is 0 Å². The molecule has 0 amide bonds. The van der Waals surface area contributed by atoms with Gasteiger partial charge >= 0.3 is 0 Å². The van der Waals surface area contributed by atoms with Crippen molar-refractivity contribution >= 4 is 19.1 Å². The number of anilines is 1. The van der Waals surface area contributed by atoms with Gasteiger partial charge in [-0.3, -0.25) is 5.10 Å². The largest absolute Gasteiger partial charge is 0.374 e. The van der Waals surface area contributed by atoms with Gasteiger partial charge in [-0.25, -0.2) is 0 Å². The van der Waals surface area contributed by atoms with Crippen LogP contribution in [0.15, 0.2) is 6.20 Å². The number of nitrogens with zero attached hydrogens (tertiary/aromatic N) is 1. The van der Waals surface area contributed by atoms with Crippen LogP contribution in [0.1, 0.15) is 0 Å². The smallest absolute Gasteiger partial charge is 0.146 e. The summed E-state index contributed by atoms with van der Waals surface area (Å²) in [5, 5.41) is 9.56. The molecule has 1 rings (SSSR count). The maximum Gasteiger partial charge on any atom is 0.146 e. The molecular formula is C4H8BN3. The Balaban J connectivity index is 2.92. The van der Waals surface area contributed by atoms with E-state index in [2.05, 4.69) is 15.5 Å². The topological polar surface area (TPSA) is 40.7 Å². The fourth-order valence-corrected chi connectivity index (χ4v) is 0.599. The highest BCUT2D eigenvalue weighted by Gasteiger charge is 1.92. The van der Waals surface area contributed by atoms with Gasteiger partial charge < -0.3 is 5.32 Å². The zero-order chi connectivity index (χ0) is 5.98. The van der Waals surface area contributed by atoms with Crippen molar-refractivity contribution in [3.63, 3.8) is 0 Å². The molecule has 8 heavy (non-hydrogen) atoms. The van der Waals surface area contributed by atoms with E-state index < -0.39 is 0 Å². The van der Waals surface area contributed by atoms with Crippen LogP contribution in [0.4, 0.5) is 5.82 Å². The average Bonchev–Trinajstić information content (AvgIpc) is 2.14. The predicted octanol–water partition coefficient (Wildman–Crippen LogP) is -1.29. The van der Waals surface area contributed by atoms with Crippen molar-refractivity contribution in [2.75, 3.05) is 12.4 Å². The van der Waals surface area contributed by atoms with Crippen LogP contribution < -0.4 is 10.8 Å². The molecule has 0 aromatic carbocycles. The number of hydrogen-bond donors (Lipinski definition) is 2. The minimum Gasteiger partial charge on any atom is -0.374 e. The molecule has 4 heteroatoms. The van der Waals surface area contributed by atoms with Crippen LogP contribution in [-0.2, 0) is 0 Å². The van der Waals surface area contributed by atoms with Crippen LogP contribution in [-0.4, -0.2) is 25.1 Å². The highest BCUT2D eigenvalue weighted by Crippen LogP contribution is 1.88. The second kappa shape index (κ2) is 1.90. The van der Waals surface area contributed by atoms with Gasteiger partial charge in [-0.15, -0.1) is 0 Å². The molecule has 0 aliphatic rings. The lowest BCUT2D eigenvalue weighted by atomic mass is 10.0. The number of H-pyrrole nitrogens is 1. The zero-order valence-electron chi connectivity index (χ0n) is 5.02. The van der Waals surface area contributed by atoms with Crippen molar-refractivity contribution in [3.8, 4) is 0 Å². The van der Waals surface area contributed by atoms with Gasteiger partial charge in [0.2, 0.25) is 0 Å². The third-order valence-electron chi connectivity index (χ3n) is 1.08. The summed E-state index contributed by atoms with van der Waals surface area (Å²) in [6.45, 7) is 0. The minimum atomic E-state index is 0.991. The first kappa shape index (κ1) is 5.22. The van der Waals surface area contributed by atoms with E-state index in [4.69, 9.17) is 0 Å². The second-order valence-electron chi connectivity index (χ2n) is 1.68. The molecule has 3 nitrogen and oxygen atoms in total. The van der Waals surface area contributed by atoms with Gasteiger partial charge in [-0.2, -0.15) is 5.10 Å². The molecule has 0 atom stereocenters. The zero-order valence-corrected chi connectivity index (χ0v) is 5.02. The first-order valence-electron chi connectivity index (χ1n) is 2.52. The molecule has 0 radical (unpaired) electrons. The quantitative estimate of drug-likeness (QED) is 0.440. The van der Waals surface area contributed by atoms with Crippen LogP contribution in [0, 0.1) is 0 Å². The third-order valence-corrected chi connectivity index (χ3v) is 1.08. The van der Waals surface area contributed by atoms with E-state index in [1.807, 2.05) is 14.9 Å². The highest BCUT2D eigenvalue weighted by molar-refractivity contribution is 6.35. The molecule has 0 bridgehead atoms. The fraction of sp³-hybridized carbons (Fsp3) is 0.250. The molecule has 0 aliphatic carbocycles. The molecule has 0 saturated heterocycles. The van der Waals surface area contributed by atoms with E-state index in [1.165, 1.54) is 0 Å². The van der Waals surface area contributed by atoms with E-state index in [0.717, 1.165) is 11.3 Å². The van der Waals surface area contributed by atoms with E-state index in [-0.39, 0.29) is 0 Å². The Hall–Kier alpha value is -0.925. The number of aromatic nitrogens is 2. The molecule has 1 aromatic rings. The Morgan fingerprint density at radius 2 is 2.62 bits per heavy atom.